The summed E-state index contributed by atoms with van der Waals surface area (Å²) in [5.41, 5.74) is 0.787. The van der Waals surface area contributed by atoms with Gasteiger partial charge in [0, 0.05) is 24.8 Å². The normalized spacial score (nSPS) is 14.6. The number of hydrogen-bond donors (Lipinski definition) is 2. The molecule has 1 saturated heterocycles. The van der Waals surface area contributed by atoms with Crippen molar-refractivity contribution in [3.05, 3.63) is 58.9 Å². The van der Waals surface area contributed by atoms with E-state index in [0.29, 0.717) is 18.0 Å². The van der Waals surface area contributed by atoms with E-state index < -0.39 is 0 Å². The number of aromatic nitrogens is 1. The van der Waals surface area contributed by atoms with Crippen molar-refractivity contribution >= 4 is 40.3 Å². The smallest absolute Gasteiger partial charge is 0.321 e. The molecule has 3 amide bonds. The first kappa shape index (κ1) is 18.6. The van der Waals surface area contributed by atoms with Crippen LogP contribution in [0, 0.1) is 0 Å². The molecular weight excluding hydrogens is 392 g/mol. The van der Waals surface area contributed by atoms with Gasteiger partial charge in [-0.3, -0.25) is 4.79 Å². The third kappa shape index (κ3) is 4.40. The Balaban J connectivity index is 1.27. The SMILES string of the molecule is O=C(NC1CCN(C(=O)Nc2ccccc2)CC1)c1cnc(-c2cccs2)s1. The third-order valence-corrected chi connectivity index (χ3v) is 6.64. The van der Waals surface area contributed by atoms with Crippen molar-refractivity contribution < 1.29 is 9.59 Å². The Morgan fingerprint density at radius 3 is 2.57 bits per heavy atom. The largest absolute Gasteiger partial charge is 0.348 e. The van der Waals surface area contributed by atoms with E-state index in [4.69, 9.17) is 0 Å². The maximum Gasteiger partial charge on any atom is 0.321 e. The zero-order valence-corrected chi connectivity index (χ0v) is 16.8. The lowest BCUT2D eigenvalue weighted by Crippen LogP contribution is -2.47. The number of piperidine rings is 1. The summed E-state index contributed by atoms with van der Waals surface area (Å²) in [6.45, 7) is 1.24. The van der Waals surface area contributed by atoms with Crippen LogP contribution < -0.4 is 10.6 Å². The molecule has 0 atom stereocenters. The van der Waals surface area contributed by atoms with Crippen molar-refractivity contribution in [3.8, 4) is 9.88 Å². The molecule has 1 aliphatic heterocycles. The summed E-state index contributed by atoms with van der Waals surface area (Å²) in [6.07, 6.45) is 3.12. The minimum absolute atomic E-state index is 0.0700. The van der Waals surface area contributed by atoms with E-state index in [1.807, 2.05) is 47.8 Å². The Morgan fingerprint density at radius 2 is 1.86 bits per heavy atom. The summed E-state index contributed by atoms with van der Waals surface area (Å²) >= 11 is 3.02. The Labute approximate surface area is 171 Å². The Kier molecular flexibility index (Phi) is 5.68. The summed E-state index contributed by atoms with van der Waals surface area (Å²) in [4.78, 5) is 32.7. The Hall–Kier alpha value is -2.71. The van der Waals surface area contributed by atoms with E-state index in [2.05, 4.69) is 15.6 Å². The van der Waals surface area contributed by atoms with Crippen molar-refractivity contribution in [2.75, 3.05) is 18.4 Å². The van der Waals surface area contributed by atoms with Gasteiger partial charge in [-0.25, -0.2) is 9.78 Å². The number of anilines is 1. The van der Waals surface area contributed by atoms with Gasteiger partial charge < -0.3 is 15.5 Å². The number of urea groups is 1. The lowest BCUT2D eigenvalue weighted by molar-refractivity contribution is 0.0923. The summed E-state index contributed by atoms with van der Waals surface area (Å²) in [5, 5.41) is 8.85. The summed E-state index contributed by atoms with van der Waals surface area (Å²) < 4.78 is 0. The highest BCUT2D eigenvalue weighted by Gasteiger charge is 2.25. The molecule has 3 aromatic rings. The summed E-state index contributed by atoms with van der Waals surface area (Å²) in [7, 11) is 0. The Morgan fingerprint density at radius 1 is 1.07 bits per heavy atom. The predicted molar refractivity (Wildman–Crippen MR) is 113 cm³/mol. The molecule has 3 heterocycles. The van der Waals surface area contributed by atoms with Crippen molar-refractivity contribution in [1.29, 1.82) is 0 Å². The standard InChI is InChI=1S/C20H20N4O2S2/c25-18(17-13-21-19(28-17)16-7-4-12-27-16)22-15-8-10-24(11-9-15)20(26)23-14-5-2-1-3-6-14/h1-7,12-13,15H,8-11H2,(H,22,25)(H,23,26). The van der Waals surface area contributed by atoms with E-state index in [9.17, 15) is 9.59 Å². The van der Waals surface area contributed by atoms with Crippen LogP contribution in [0.1, 0.15) is 22.5 Å². The molecule has 1 fully saturated rings. The first-order valence-corrected chi connectivity index (χ1v) is 10.8. The van der Waals surface area contributed by atoms with Crippen LogP contribution in [0.15, 0.2) is 54.0 Å². The third-order valence-electron chi connectivity index (χ3n) is 4.60. The highest BCUT2D eigenvalue weighted by atomic mass is 32.1. The molecule has 2 aromatic heterocycles. The van der Waals surface area contributed by atoms with Crippen LogP contribution in [-0.4, -0.2) is 41.0 Å². The van der Waals surface area contributed by atoms with Crippen LogP contribution in [0.2, 0.25) is 0 Å². The number of carbonyl (C=O) groups excluding carboxylic acids is 2. The number of amides is 3. The first-order valence-electron chi connectivity index (χ1n) is 9.10. The van der Waals surface area contributed by atoms with Crippen molar-refractivity contribution in [3.63, 3.8) is 0 Å². The molecular formula is C20H20N4O2S2. The van der Waals surface area contributed by atoms with E-state index in [1.165, 1.54) is 11.3 Å². The van der Waals surface area contributed by atoms with Gasteiger partial charge in [-0.2, -0.15) is 0 Å². The predicted octanol–water partition coefficient (Wildman–Crippen LogP) is 4.30. The van der Waals surface area contributed by atoms with Crippen molar-refractivity contribution in [1.82, 2.24) is 15.2 Å². The number of hydrogen-bond acceptors (Lipinski definition) is 5. The zero-order chi connectivity index (χ0) is 19.3. The van der Waals surface area contributed by atoms with Gasteiger partial charge in [-0.1, -0.05) is 24.3 Å². The second-order valence-electron chi connectivity index (χ2n) is 6.54. The van der Waals surface area contributed by atoms with Gasteiger partial charge in [0.05, 0.1) is 11.1 Å². The number of nitrogens with zero attached hydrogens (tertiary/aromatic N) is 2. The molecule has 144 valence electrons. The minimum atomic E-state index is -0.0981. The van der Waals surface area contributed by atoms with E-state index in [-0.39, 0.29) is 18.0 Å². The first-order chi connectivity index (χ1) is 13.7. The van der Waals surface area contributed by atoms with Gasteiger partial charge in [0.15, 0.2) is 0 Å². The average Bonchev–Trinajstić information content (AvgIpc) is 3.41. The highest BCUT2D eigenvalue weighted by molar-refractivity contribution is 7.21. The number of nitrogens with one attached hydrogen (secondary N) is 2. The fourth-order valence-electron chi connectivity index (χ4n) is 3.10. The minimum Gasteiger partial charge on any atom is -0.348 e. The van der Waals surface area contributed by atoms with E-state index >= 15 is 0 Å². The van der Waals surface area contributed by atoms with Crippen LogP contribution in [0.3, 0.4) is 0 Å². The number of para-hydroxylation sites is 1. The van der Waals surface area contributed by atoms with Crippen molar-refractivity contribution in [2.24, 2.45) is 0 Å². The van der Waals surface area contributed by atoms with E-state index in [0.717, 1.165) is 28.4 Å². The molecule has 2 N–H and O–H groups in total. The van der Waals surface area contributed by atoms with E-state index in [1.54, 1.807) is 22.4 Å². The van der Waals surface area contributed by atoms with Gasteiger partial charge in [-0.05, 0) is 36.4 Å². The van der Waals surface area contributed by atoms with Crippen LogP contribution >= 0.6 is 22.7 Å². The van der Waals surface area contributed by atoms with Gasteiger partial charge >= 0.3 is 6.03 Å². The van der Waals surface area contributed by atoms with Crippen LogP contribution in [0.5, 0.6) is 0 Å². The van der Waals surface area contributed by atoms with Crippen LogP contribution in [0.4, 0.5) is 10.5 Å². The molecule has 0 bridgehead atoms. The molecule has 1 aliphatic rings. The molecule has 0 unspecified atom stereocenters. The Bertz CT molecular complexity index is 932. The lowest BCUT2D eigenvalue weighted by atomic mass is 10.1. The zero-order valence-electron chi connectivity index (χ0n) is 15.1. The molecule has 0 radical (unpaired) electrons. The number of thiazole rings is 1. The number of benzene rings is 1. The molecule has 0 saturated carbocycles. The molecule has 0 spiro atoms. The number of likely N-dealkylation sites (tertiary alicyclic amines) is 1. The average molecular weight is 413 g/mol. The maximum atomic E-state index is 12.5. The fraction of sp³-hybridized carbons (Fsp3) is 0.250. The lowest BCUT2D eigenvalue weighted by Gasteiger charge is -2.32. The fourth-order valence-corrected chi connectivity index (χ4v) is 4.72. The summed E-state index contributed by atoms with van der Waals surface area (Å²) in [5.74, 6) is -0.0903. The number of thiophene rings is 1. The topological polar surface area (TPSA) is 74.3 Å². The summed E-state index contributed by atoms with van der Waals surface area (Å²) in [6, 6.07) is 13.4. The number of rotatable bonds is 4. The van der Waals surface area contributed by atoms with Gasteiger partial charge in [0.25, 0.3) is 5.91 Å². The second kappa shape index (κ2) is 8.53. The monoisotopic (exact) mass is 412 g/mol. The van der Waals surface area contributed by atoms with Gasteiger partial charge in [-0.15, -0.1) is 22.7 Å². The molecule has 8 heteroatoms. The highest BCUT2D eigenvalue weighted by Crippen LogP contribution is 2.29. The van der Waals surface area contributed by atoms with Crippen LogP contribution in [0.25, 0.3) is 9.88 Å². The molecule has 28 heavy (non-hydrogen) atoms. The maximum absolute atomic E-state index is 12.5. The quantitative estimate of drug-likeness (QED) is 0.671. The number of carbonyl (C=O) groups is 2. The van der Waals surface area contributed by atoms with Crippen LogP contribution in [-0.2, 0) is 0 Å². The molecule has 6 nitrogen and oxygen atoms in total. The molecule has 4 rings (SSSR count). The second-order valence-corrected chi connectivity index (χ2v) is 8.52. The molecule has 0 aliphatic carbocycles. The van der Waals surface area contributed by atoms with Gasteiger partial charge in [0.2, 0.25) is 0 Å². The molecule has 1 aromatic carbocycles. The van der Waals surface area contributed by atoms with Crippen molar-refractivity contribution in [2.45, 2.75) is 18.9 Å². The van der Waals surface area contributed by atoms with Gasteiger partial charge in [0.1, 0.15) is 9.88 Å².